The number of hydrogen-bond donors (Lipinski definition) is 0. The van der Waals surface area contributed by atoms with Crippen molar-refractivity contribution in [3.8, 4) is 0 Å². The van der Waals surface area contributed by atoms with Crippen LogP contribution in [0.5, 0.6) is 0 Å². The fraction of sp³-hybridized carbons (Fsp3) is 0.286. The Morgan fingerprint density at radius 3 is 2.23 bits per heavy atom. The maximum Gasteiger partial charge on any atom is 0.358 e. The lowest BCUT2D eigenvalue weighted by Gasteiger charge is -2.24. The summed E-state index contributed by atoms with van der Waals surface area (Å²) in [6.45, 7) is 3.19. The van der Waals surface area contributed by atoms with E-state index in [2.05, 4.69) is 5.16 Å². The van der Waals surface area contributed by atoms with E-state index in [1.807, 2.05) is 0 Å². The van der Waals surface area contributed by atoms with Crippen LogP contribution in [-0.4, -0.2) is 30.7 Å². The number of nitrogens with zero attached hydrogens (tertiary/aromatic N) is 1. The van der Waals surface area contributed by atoms with Gasteiger partial charge >= 0.3 is 10.1 Å². The Kier molecular flexibility index (Phi) is 4.94. The van der Waals surface area contributed by atoms with Gasteiger partial charge in [-0.1, -0.05) is 23.4 Å². The Bertz CT molecular complexity index is 756. The third-order valence-electron chi connectivity index (χ3n) is 3.35. The number of allylic oxidation sites excluding steroid dienone is 2. The van der Waals surface area contributed by atoms with Crippen molar-refractivity contribution in [1.82, 2.24) is 0 Å². The van der Waals surface area contributed by atoms with Crippen molar-refractivity contribution in [3.63, 3.8) is 0 Å². The number of carbonyl (C=O) groups excluding carboxylic acids is 1. The third kappa shape index (κ3) is 3.19. The number of rotatable bonds is 3. The molecule has 0 amide bonds. The molecule has 1 aliphatic carbocycles. The van der Waals surface area contributed by atoms with E-state index in [1.165, 1.54) is 12.1 Å². The molecule has 0 N–H and O–H groups in total. The van der Waals surface area contributed by atoms with Gasteiger partial charge in [0, 0.05) is 0 Å². The highest BCUT2D eigenvalue weighted by atomic mass is 35.5. The van der Waals surface area contributed by atoms with Crippen LogP contribution in [0, 0.1) is 0 Å². The molecular formula is C14H13Cl2NO4S. The Morgan fingerprint density at radius 2 is 1.64 bits per heavy atom. The topological polar surface area (TPSA) is 72.8 Å². The van der Waals surface area contributed by atoms with Crippen LogP contribution in [0.4, 0.5) is 0 Å². The molecule has 0 spiro atoms. The van der Waals surface area contributed by atoms with Crippen LogP contribution in [0.2, 0.25) is 0 Å². The Hall–Kier alpha value is -1.37. The molecule has 0 saturated carbocycles. The highest BCUT2D eigenvalue weighted by Gasteiger charge is 2.37. The van der Waals surface area contributed by atoms with E-state index in [1.54, 1.807) is 32.0 Å². The Morgan fingerprint density at radius 1 is 1.05 bits per heavy atom. The maximum absolute atomic E-state index is 12.0. The molecule has 1 aromatic carbocycles. The van der Waals surface area contributed by atoms with Gasteiger partial charge in [0.1, 0.15) is 21.4 Å². The van der Waals surface area contributed by atoms with Crippen LogP contribution in [0.1, 0.15) is 13.8 Å². The fourth-order valence-corrected chi connectivity index (χ4v) is 3.26. The second-order valence-electron chi connectivity index (χ2n) is 4.74. The third-order valence-corrected chi connectivity index (χ3v) is 5.51. The van der Waals surface area contributed by atoms with E-state index < -0.39 is 20.9 Å². The van der Waals surface area contributed by atoms with Crippen molar-refractivity contribution in [2.45, 2.75) is 29.5 Å². The smallest absolute Gasteiger partial charge is 0.293 e. The number of alkyl halides is 2. The molecule has 0 aromatic heterocycles. The van der Waals surface area contributed by atoms with Crippen molar-refractivity contribution < 1.29 is 17.5 Å². The van der Waals surface area contributed by atoms with Gasteiger partial charge in [0.2, 0.25) is 0 Å². The molecule has 0 heterocycles. The quantitative estimate of drug-likeness (QED) is 0.612. The minimum Gasteiger partial charge on any atom is -0.293 e. The predicted molar refractivity (Wildman–Crippen MR) is 84.8 cm³/mol. The first-order valence-electron chi connectivity index (χ1n) is 6.32. The summed E-state index contributed by atoms with van der Waals surface area (Å²) < 4.78 is 28.8. The Balaban J connectivity index is 2.36. The lowest BCUT2D eigenvalue weighted by Crippen LogP contribution is -2.38. The van der Waals surface area contributed by atoms with Crippen LogP contribution < -0.4 is 0 Å². The zero-order valence-electron chi connectivity index (χ0n) is 11.8. The van der Waals surface area contributed by atoms with Crippen molar-refractivity contribution in [2.75, 3.05) is 0 Å². The molecule has 0 unspecified atom stereocenters. The molecule has 2 atom stereocenters. The van der Waals surface area contributed by atoms with Gasteiger partial charge in [-0.05, 0) is 37.1 Å². The van der Waals surface area contributed by atoms with Gasteiger partial charge < -0.3 is 0 Å². The summed E-state index contributed by atoms with van der Waals surface area (Å²) >= 11 is 12.0. The summed E-state index contributed by atoms with van der Waals surface area (Å²) in [7, 11) is -4.05. The van der Waals surface area contributed by atoms with Crippen LogP contribution >= 0.6 is 23.2 Å². The zero-order valence-corrected chi connectivity index (χ0v) is 14.1. The first-order chi connectivity index (χ1) is 10.3. The SMILES string of the molecule is CC1=C(C)/C(=N/OS(=O)(=O)c2ccccc2)[C@@H](Cl)[C@@H](Cl)C1=O. The van der Waals surface area contributed by atoms with Gasteiger partial charge in [0.25, 0.3) is 0 Å². The first kappa shape index (κ1) is 17.0. The molecule has 0 bridgehead atoms. The largest absolute Gasteiger partial charge is 0.358 e. The molecule has 1 aliphatic rings. The number of Topliss-reactive ketones (excluding diaryl/α,β-unsaturated/α-hetero) is 1. The average Bonchev–Trinajstić information content (AvgIpc) is 2.52. The molecule has 5 nitrogen and oxygen atoms in total. The van der Waals surface area contributed by atoms with E-state index in [4.69, 9.17) is 27.5 Å². The monoisotopic (exact) mass is 361 g/mol. The summed E-state index contributed by atoms with van der Waals surface area (Å²) in [6.07, 6.45) is 0. The zero-order chi connectivity index (χ0) is 16.5. The number of carbonyl (C=O) groups is 1. The molecule has 118 valence electrons. The molecular weight excluding hydrogens is 349 g/mol. The summed E-state index contributed by atoms with van der Waals surface area (Å²) in [5, 5.41) is 1.67. The summed E-state index contributed by atoms with van der Waals surface area (Å²) in [5.74, 6) is -0.302. The van der Waals surface area contributed by atoms with E-state index in [0.717, 1.165) is 0 Å². The van der Waals surface area contributed by atoms with Crippen molar-refractivity contribution in [1.29, 1.82) is 0 Å². The number of halogens is 2. The van der Waals surface area contributed by atoms with Gasteiger partial charge in [0.15, 0.2) is 5.78 Å². The van der Waals surface area contributed by atoms with E-state index in [0.29, 0.717) is 11.1 Å². The van der Waals surface area contributed by atoms with Crippen LogP contribution in [0.25, 0.3) is 0 Å². The molecule has 8 heteroatoms. The maximum atomic E-state index is 12.0. The van der Waals surface area contributed by atoms with Gasteiger partial charge in [-0.2, -0.15) is 8.42 Å². The predicted octanol–water partition coefficient (Wildman–Crippen LogP) is 2.88. The van der Waals surface area contributed by atoms with E-state index >= 15 is 0 Å². The average molecular weight is 362 g/mol. The van der Waals surface area contributed by atoms with Crippen molar-refractivity contribution in [2.24, 2.45) is 5.16 Å². The molecule has 0 saturated heterocycles. The number of oxime groups is 1. The number of hydrogen-bond acceptors (Lipinski definition) is 5. The molecule has 2 rings (SSSR count). The fourth-order valence-electron chi connectivity index (χ4n) is 1.90. The highest BCUT2D eigenvalue weighted by molar-refractivity contribution is 7.86. The molecule has 0 fully saturated rings. The normalized spacial score (nSPS) is 24.7. The van der Waals surface area contributed by atoms with Crippen LogP contribution in [0.15, 0.2) is 51.5 Å². The first-order valence-corrected chi connectivity index (χ1v) is 8.60. The van der Waals surface area contributed by atoms with Gasteiger partial charge in [0.05, 0.1) is 0 Å². The van der Waals surface area contributed by atoms with E-state index in [-0.39, 0.29) is 16.4 Å². The molecule has 1 aromatic rings. The van der Waals surface area contributed by atoms with Gasteiger partial charge in [-0.3, -0.25) is 9.08 Å². The Labute approximate surface area is 138 Å². The second-order valence-corrected chi connectivity index (χ2v) is 7.21. The van der Waals surface area contributed by atoms with Gasteiger partial charge in [-0.15, -0.1) is 23.2 Å². The lowest BCUT2D eigenvalue weighted by molar-refractivity contribution is -0.115. The minimum atomic E-state index is -4.05. The van der Waals surface area contributed by atoms with Crippen molar-refractivity contribution >= 4 is 44.8 Å². The lowest BCUT2D eigenvalue weighted by atomic mass is 9.90. The summed E-state index contributed by atoms with van der Waals surface area (Å²) in [4.78, 5) is 11.8. The standard InChI is InChI=1S/C14H13Cl2NO4S/c1-8-9(2)14(18)12(16)11(15)13(8)17-21-22(19,20)10-6-4-3-5-7-10/h3-7,11-12H,1-2H3/b17-13-/t11-,12+/m0/s1. The minimum absolute atomic E-state index is 0.0295. The van der Waals surface area contributed by atoms with Crippen LogP contribution in [-0.2, 0) is 19.2 Å². The van der Waals surface area contributed by atoms with Crippen molar-refractivity contribution in [3.05, 3.63) is 41.5 Å². The van der Waals surface area contributed by atoms with Gasteiger partial charge in [-0.25, -0.2) is 0 Å². The second kappa shape index (κ2) is 6.40. The van der Waals surface area contributed by atoms with E-state index in [9.17, 15) is 13.2 Å². The highest BCUT2D eigenvalue weighted by Crippen LogP contribution is 2.28. The molecule has 0 aliphatic heterocycles. The number of ketones is 1. The van der Waals surface area contributed by atoms with Crippen LogP contribution in [0.3, 0.4) is 0 Å². The summed E-state index contributed by atoms with van der Waals surface area (Å²) in [6, 6.07) is 7.59. The number of benzene rings is 1. The molecule has 22 heavy (non-hydrogen) atoms. The summed E-state index contributed by atoms with van der Waals surface area (Å²) in [5.41, 5.74) is 0.986. The molecule has 0 radical (unpaired) electrons.